The van der Waals surface area contributed by atoms with Crippen molar-refractivity contribution in [1.82, 2.24) is 25.2 Å². The van der Waals surface area contributed by atoms with Gasteiger partial charge >= 0.3 is 6.09 Å². The maximum atomic E-state index is 14.1. The van der Waals surface area contributed by atoms with Crippen molar-refractivity contribution >= 4 is 27.9 Å². The lowest BCUT2D eigenvalue weighted by Gasteiger charge is -2.37. The number of hydrogen-bond donors (Lipinski definition) is 1. The average Bonchev–Trinajstić information content (AvgIpc) is 3.34. The van der Waals surface area contributed by atoms with Crippen molar-refractivity contribution in [2.75, 3.05) is 6.54 Å². The van der Waals surface area contributed by atoms with Gasteiger partial charge < -0.3 is 15.0 Å². The molecule has 0 saturated carbocycles. The minimum atomic E-state index is -0.735. The van der Waals surface area contributed by atoms with E-state index < -0.39 is 23.1 Å². The number of carbonyl (C=O) groups is 2. The molecule has 2 amide bonds. The lowest BCUT2D eigenvalue weighted by molar-refractivity contribution is 0.0102. The van der Waals surface area contributed by atoms with Crippen LogP contribution in [0.1, 0.15) is 73.6 Å². The Balaban J connectivity index is 1.31. The third-order valence-corrected chi connectivity index (χ3v) is 7.22. The molecule has 0 aliphatic carbocycles. The minimum Gasteiger partial charge on any atom is -0.444 e. The van der Waals surface area contributed by atoms with Gasteiger partial charge in [-0.3, -0.25) is 4.79 Å². The molecule has 1 N–H and O–H groups in total. The van der Waals surface area contributed by atoms with Crippen LogP contribution in [0.4, 0.5) is 13.6 Å². The van der Waals surface area contributed by atoms with E-state index in [-0.39, 0.29) is 34.6 Å². The number of likely N-dealkylation sites (tertiary alicyclic amines) is 1. The summed E-state index contributed by atoms with van der Waals surface area (Å²) >= 11 is 3.03. The molecular weight excluding hydrogens is 572 g/mol. The molecule has 4 rings (SSSR count). The summed E-state index contributed by atoms with van der Waals surface area (Å²) < 4.78 is 35.5. The van der Waals surface area contributed by atoms with Crippen LogP contribution in [0, 0.1) is 11.6 Å². The van der Waals surface area contributed by atoms with Gasteiger partial charge in [0, 0.05) is 42.4 Å². The molecule has 1 fully saturated rings. The van der Waals surface area contributed by atoms with E-state index in [1.807, 2.05) is 33.9 Å². The van der Waals surface area contributed by atoms with E-state index in [4.69, 9.17) is 4.74 Å². The predicted octanol–water partition coefficient (Wildman–Crippen LogP) is 5.80. The Hall–Kier alpha value is -3.34. The van der Waals surface area contributed by atoms with Gasteiger partial charge in [-0.2, -0.15) is 0 Å². The fourth-order valence-corrected chi connectivity index (χ4v) is 4.93. The second kappa shape index (κ2) is 11.8. The first-order valence-corrected chi connectivity index (χ1v) is 13.6. The number of carbonyl (C=O) groups excluding carboxylic acids is 2. The van der Waals surface area contributed by atoms with Crippen LogP contribution in [0.2, 0.25) is 0 Å². The molecule has 1 aliphatic heterocycles. The maximum Gasteiger partial charge on any atom is 0.410 e. The summed E-state index contributed by atoms with van der Waals surface area (Å²) in [6.45, 7) is 8.39. The number of nitrogens with zero attached hydrogens (tertiary/aromatic N) is 4. The van der Waals surface area contributed by atoms with Crippen LogP contribution in [0.15, 0.2) is 47.1 Å². The summed E-state index contributed by atoms with van der Waals surface area (Å²) in [5.41, 5.74) is 1.44. The number of amides is 2. The molecule has 3 aromatic rings. The molecule has 39 heavy (non-hydrogen) atoms. The Morgan fingerprint density at radius 3 is 2.54 bits per heavy atom. The van der Waals surface area contributed by atoms with Crippen molar-refractivity contribution < 1.29 is 23.1 Å². The number of halogens is 3. The van der Waals surface area contributed by atoms with Crippen LogP contribution in [0.3, 0.4) is 0 Å². The summed E-state index contributed by atoms with van der Waals surface area (Å²) in [6, 6.07) is 9.37. The lowest BCUT2D eigenvalue weighted by atomic mass is 9.89. The number of benzene rings is 2. The molecular formula is C28H32BrF2N5O3. The second-order valence-electron chi connectivity index (χ2n) is 10.8. The van der Waals surface area contributed by atoms with Gasteiger partial charge in [0.1, 0.15) is 17.2 Å². The first kappa shape index (κ1) is 28.7. The number of aromatic nitrogens is 3. The molecule has 1 aromatic heterocycles. The highest BCUT2D eigenvalue weighted by atomic mass is 79.9. The minimum absolute atomic E-state index is 0.0267. The summed E-state index contributed by atoms with van der Waals surface area (Å²) in [5, 5.41) is 11.2. The van der Waals surface area contributed by atoms with E-state index >= 15 is 0 Å². The van der Waals surface area contributed by atoms with Crippen molar-refractivity contribution in [3.8, 4) is 0 Å². The first-order valence-electron chi connectivity index (χ1n) is 12.8. The topological polar surface area (TPSA) is 89.4 Å². The van der Waals surface area contributed by atoms with Crippen LogP contribution >= 0.6 is 15.9 Å². The lowest BCUT2D eigenvalue weighted by Crippen LogP contribution is -2.46. The number of hydrogen-bond acceptors (Lipinski definition) is 5. The Morgan fingerprint density at radius 2 is 1.87 bits per heavy atom. The normalized spacial score (nSPS) is 17.7. The molecule has 0 spiro atoms. The maximum absolute atomic E-state index is 14.1. The van der Waals surface area contributed by atoms with E-state index in [1.54, 1.807) is 33.8 Å². The smallest absolute Gasteiger partial charge is 0.410 e. The van der Waals surface area contributed by atoms with Gasteiger partial charge in [0.15, 0.2) is 0 Å². The first-order chi connectivity index (χ1) is 18.4. The van der Waals surface area contributed by atoms with E-state index in [9.17, 15) is 18.4 Å². The number of nitrogens with one attached hydrogen (secondary N) is 1. The van der Waals surface area contributed by atoms with Gasteiger partial charge in [0.25, 0.3) is 5.91 Å². The summed E-state index contributed by atoms with van der Waals surface area (Å²) in [7, 11) is 0. The highest BCUT2D eigenvalue weighted by Crippen LogP contribution is 2.31. The van der Waals surface area contributed by atoms with Gasteiger partial charge in [0.2, 0.25) is 0 Å². The molecule has 8 nitrogen and oxygen atoms in total. The van der Waals surface area contributed by atoms with Crippen LogP contribution in [-0.2, 0) is 17.8 Å². The number of rotatable bonds is 6. The summed E-state index contributed by atoms with van der Waals surface area (Å²) in [5.74, 6) is -1.70. The largest absolute Gasteiger partial charge is 0.444 e. The SMILES string of the molecule is CC1CC(c2cn(Cc3ccc(C(=O)NCc4c(F)ccc(Br)c4F)cc3)nn2)CCN1C(=O)OC(C)(C)C. The van der Waals surface area contributed by atoms with Crippen LogP contribution in [0.25, 0.3) is 0 Å². The third-order valence-electron chi connectivity index (χ3n) is 6.60. The van der Waals surface area contributed by atoms with E-state index in [0.717, 1.165) is 30.2 Å². The van der Waals surface area contributed by atoms with Crippen molar-refractivity contribution in [3.63, 3.8) is 0 Å². The molecule has 208 valence electrons. The molecule has 0 radical (unpaired) electrons. The van der Waals surface area contributed by atoms with Gasteiger partial charge in [-0.05, 0) is 86.3 Å². The van der Waals surface area contributed by atoms with E-state index in [1.165, 1.54) is 6.07 Å². The molecule has 1 saturated heterocycles. The van der Waals surface area contributed by atoms with E-state index in [0.29, 0.717) is 18.7 Å². The molecule has 2 heterocycles. The van der Waals surface area contributed by atoms with Crippen LogP contribution in [0.5, 0.6) is 0 Å². The highest BCUT2D eigenvalue weighted by molar-refractivity contribution is 9.10. The zero-order valence-corrected chi connectivity index (χ0v) is 24.0. The Bertz CT molecular complexity index is 1340. The molecule has 1 aliphatic rings. The number of piperidine rings is 1. The van der Waals surface area contributed by atoms with Crippen LogP contribution in [-0.4, -0.2) is 50.1 Å². The molecule has 11 heteroatoms. The number of ether oxygens (including phenoxy) is 1. The highest BCUT2D eigenvalue weighted by Gasteiger charge is 2.33. The summed E-state index contributed by atoms with van der Waals surface area (Å²) in [6.07, 6.45) is 3.18. The monoisotopic (exact) mass is 603 g/mol. The Kier molecular flexibility index (Phi) is 8.68. The average molecular weight is 604 g/mol. The van der Waals surface area contributed by atoms with E-state index in [2.05, 4.69) is 31.6 Å². The fraction of sp³-hybridized carbons (Fsp3) is 0.429. The molecule has 2 aromatic carbocycles. The van der Waals surface area contributed by atoms with Gasteiger partial charge in [0.05, 0.1) is 16.7 Å². The Morgan fingerprint density at radius 1 is 1.15 bits per heavy atom. The molecule has 2 atom stereocenters. The standard InChI is InChI=1S/C28H32BrF2N5O3/c1-17-13-20(11-12-36(17)27(38)39-28(2,3)4)24-16-35(34-33-24)15-18-5-7-19(8-6-18)26(37)32-14-21-23(30)10-9-22(29)25(21)31/h5-10,16-17,20H,11-15H2,1-4H3,(H,32,37). The summed E-state index contributed by atoms with van der Waals surface area (Å²) in [4.78, 5) is 26.8. The fourth-order valence-electron chi connectivity index (χ4n) is 4.56. The van der Waals surface area contributed by atoms with Crippen molar-refractivity contribution in [1.29, 1.82) is 0 Å². The molecule has 2 unspecified atom stereocenters. The van der Waals surface area contributed by atoms with Crippen molar-refractivity contribution in [3.05, 3.63) is 81.1 Å². The Labute approximate surface area is 234 Å². The van der Waals surface area contributed by atoms with Gasteiger partial charge in [-0.1, -0.05) is 17.3 Å². The zero-order valence-electron chi connectivity index (χ0n) is 22.4. The predicted molar refractivity (Wildman–Crippen MR) is 145 cm³/mol. The molecule has 0 bridgehead atoms. The van der Waals surface area contributed by atoms with Crippen molar-refractivity contribution in [2.24, 2.45) is 0 Å². The van der Waals surface area contributed by atoms with Gasteiger partial charge in [-0.25, -0.2) is 18.3 Å². The van der Waals surface area contributed by atoms with Crippen LogP contribution < -0.4 is 5.32 Å². The van der Waals surface area contributed by atoms with Crippen molar-refractivity contribution in [2.45, 2.75) is 71.2 Å². The quantitative estimate of drug-likeness (QED) is 0.360. The van der Waals surface area contributed by atoms with Gasteiger partial charge in [-0.15, -0.1) is 5.10 Å². The third kappa shape index (κ3) is 7.20. The second-order valence-corrected chi connectivity index (χ2v) is 11.6. The zero-order chi connectivity index (χ0) is 28.3.